The summed E-state index contributed by atoms with van der Waals surface area (Å²) in [5.41, 5.74) is 1.31. The van der Waals surface area contributed by atoms with E-state index < -0.39 is 5.41 Å². The fraction of sp³-hybridized carbons (Fsp3) is 0.455. The Balaban J connectivity index is 1.69. The van der Waals surface area contributed by atoms with Crippen LogP contribution in [0, 0.1) is 11.2 Å². The number of anilines is 1. The number of carbonyl (C=O) groups is 1. The largest absolute Gasteiger partial charge is 0.367 e. The van der Waals surface area contributed by atoms with Crippen LogP contribution in [-0.4, -0.2) is 48.5 Å². The second kappa shape index (κ2) is 8.69. The lowest BCUT2D eigenvalue weighted by Crippen LogP contribution is -2.50. The first-order chi connectivity index (χ1) is 13.4. The Morgan fingerprint density at radius 1 is 1.14 bits per heavy atom. The number of nitrogens with one attached hydrogen (secondary N) is 1. The third kappa shape index (κ3) is 4.87. The molecule has 28 heavy (non-hydrogen) atoms. The first-order valence-corrected chi connectivity index (χ1v) is 9.78. The van der Waals surface area contributed by atoms with Crippen molar-refractivity contribution < 1.29 is 9.18 Å². The van der Waals surface area contributed by atoms with E-state index in [1.807, 2.05) is 51.2 Å². The Morgan fingerprint density at radius 3 is 2.46 bits per heavy atom. The van der Waals surface area contributed by atoms with Crippen molar-refractivity contribution in [3.05, 3.63) is 60.2 Å². The average Bonchev–Trinajstić information content (AvgIpc) is 2.69. The lowest BCUT2D eigenvalue weighted by molar-refractivity contribution is -0.128. The number of rotatable bonds is 5. The number of para-hydroxylation sites is 1. The Hall–Kier alpha value is -2.47. The molecule has 0 saturated carbocycles. The van der Waals surface area contributed by atoms with Crippen molar-refractivity contribution in [2.75, 3.05) is 37.6 Å². The van der Waals surface area contributed by atoms with Gasteiger partial charge in [-0.25, -0.2) is 4.39 Å². The van der Waals surface area contributed by atoms with Gasteiger partial charge in [0.25, 0.3) is 0 Å². The van der Waals surface area contributed by atoms with Gasteiger partial charge in [0.15, 0.2) is 0 Å². The van der Waals surface area contributed by atoms with E-state index >= 15 is 0 Å². The monoisotopic (exact) mass is 384 g/mol. The number of hydrogen-bond donors (Lipinski definition) is 1. The molecule has 6 heteroatoms. The summed E-state index contributed by atoms with van der Waals surface area (Å²) in [6.07, 6.45) is 3.61. The molecule has 0 bridgehead atoms. The van der Waals surface area contributed by atoms with Gasteiger partial charge in [0.1, 0.15) is 5.82 Å². The van der Waals surface area contributed by atoms with Crippen LogP contribution in [0.5, 0.6) is 0 Å². The Kier molecular flexibility index (Phi) is 6.29. The van der Waals surface area contributed by atoms with Gasteiger partial charge < -0.3 is 10.2 Å². The molecule has 2 heterocycles. The zero-order chi connectivity index (χ0) is 20.1. The van der Waals surface area contributed by atoms with Crippen molar-refractivity contribution in [3.8, 4) is 0 Å². The van der Waals surface area contributed by atoms with Crippen molar-refractivity contribution in [2.24, 2.45) is 5.41 Å². The number of amides is 1. The van der Waals surface area contributed by atoms with Crippen molar-refractivity contribution in [1.29, 1.82) is 0 Å². The quantitative estimate of drug-likeness (QED) is 0.860. The van der Waals surface area contributed by atoms with Crippen molar-refractivity contribution in [1.82, 2.24) is 15.2 Å². The number of piperazine rings is 1. The summed E-state index contributed by atoms with van der Waals surface area (Å²) in [5.74, 6) is -0.149. The molecule has 1 aromatic carbocycles. The number of hydrogen-bond acceptors (Lipinski definition) is 4. The minimum Gasteiger partial charge on any atom is -0.367 e. The standard InChI is InChI=1S/C22H29FN4O/c1-22(2,3)21(28)25-16-20(17-7-6-10-24-15-17)27-13-11-26(12-14-27)19-9-5-4-8-18(19)23/h4-10,15,20H,11-14,16H2,1-3H3,(H,25,28)/t20-/m1/s1. The number of benzene rings is 1. The number of nitrogens with zero attached hydrogens (tertiary/aromatic N) is 3. The van der Waals surface area contributed by atoms with Gasteiger partial charge in [-0.15, -0.1) is 0 Å². The van der Waals surface area contributed by atoms with Gasteiger partial charge in [-0.3, -0.25) is 14.7 Å². The van der Waals surface area contributed by atoms with Crippen LogP contribution in [0.25, 0.3) is 0 Å². The number of carbonyl (C=O) groups excluding carboxylic acids is 1. The van der Waals surface area contributed by atoms with Crippen molar-refractivity contribution in [3.63, 3.8) is 0 Å². The Bertz CT molecular complexity index is 783. The number of aromatic nitrogens is 1. The summed E-state index contributed by atoms with van der Waals surface area (Å²) in [4.78, 5) is 21.0. The zero-order valence-electron chi connectivity index (χ0n) is 16.9. The highest BCUT2D eigenvalue weighted by Gasteiger charge is 2.28. The smallest absolute Gasteiger partial charge is 0.225 e. The van der Waals surface area contributed by atoms with Crippen LogP contribution in [0.4, 0.5) is 10.1 Å². The number of pyridine rings is 1. The van der Waals surface area contributed by atoms with Gasteiger partial charge in [0.05, 0.1) is 11.7 Å². The van der Waals surface area contributed by atoms with E-state index in [0.29, 0.717) is 12.2 Å². The average molecular weight is 384 g/mol. The Morgan fingerprint density at radius 2 is 1.86 bits per heavy atom. The van der Waals surface area contributed by atoms with Gasteiger partial charge in [-0.2, -0.15) is 0 Å². The van der Waals surface area contributed by atoms with Crippen molar-refractivity contribution >= 4 is 11.6 Å². The summed E-state index contributed by atoms with van der Waals surface area (Å²) in [6.45, 7) is 9.33. The van der Waals surface area contributed by atoms with Gasteiger partial charge in [0, 0.05) is 50.5 Å². The van der Waals surface area contributed by atoms with Gasteiger partial charge in [0.2, 0.25) is 5.91 Å². The molecule has 1 atom stereocenters. The van der Waals surface area contributed by atoms with Gasteiger partial charge in [-0.05, 0) is 23.8 Å². The van der Waals surface area contributed by atoms with Crippen LogP contribution >= 0.6 is 0 Å². The summed E-state index contributed by atoms with van der Waals surface area (Å²) in [6, 6.07) is 10.9. The van der Waals surface area contributed by atoms with E-state index in [1.54, 1.807) is 12.3 Å². The summed E-state index contributed by atoms with van der Waals surface area (Å²) in [7, 11) is 0. The van der Waals surface area contributed by atoms with E-state index in [9.17, 15) is 9.18 Å². The van der Waals surface area contributed by atoms with E-state index in [4.69, 9.17) is 0 Å². The molecule has 1 fully saturated rings. The zero-order valence-corrected chi connectivity index (χ0v) is 16.9. The molecule has 0 spiro atoms. The highest BCUT2D eigenvalue weighted by atomic mass is 19.1. The minimum atomic E-state index is -0.428. The minimum absolute atomic E-state index is 0.0337. The molecule has 2 aromatic rings. The molecule has 1 amide bonds. The molecule has 1 saturated heterocycles. The SMILES string of the molecule is CC(C)(C)C(=O)NC[C@H](c1cccnc1)N1CCN(c2ccccc2F)CC1. The van der Waals surface area contributed by atoms with Crippen LogP contribution in [0.2, 0.25) is 0 Å². The van der Waals surface area contributed by atoms with E-state index in [2.05, 4.69) is 20.1 Å². The third-order valence-electron chi connectivity index (χ3n) is 5.15. The van der Waals surface area contributed by atoms with Crippen LogP contribution in [-0.2, 0) is 4.79 Å². The predicted octanol–water partition coefficient (Wildman–Crippen LogP) is 3.25. The van der Waals surface area contributed by atoms with Gasteiger partial charge >= 0.3 is 0 Å². The van der Waals surface area contributed by atoms with Gasteiger partial charge in [-0.1, -0.05) is 39.0 Å². The maximum absolute atomic E-state index is 14.1. The molecule has 1 aromatic heterocycles. The molecule has 1 N–H and O–H groups in total. The van der Waals surface area contributed by atoms with Crippen LogP contribution in [0.1, 0.15) is 32.4 Å². The molecule has 3 rings (SSSR count). The number of halogens is 1. The first kappa shape index (κ1) is 20.3. The molecule has 5 nitrogen and oxygen atoms in total. The molecular weight excluding hydrogens is 355 g/mol. The fourth-order valence-corrected chi connectivity index (χ4v) is 3.47. The molecule has 1 aliphatic heterocycles. The van der Waals surface area contributed by atoms with E-state index in [1.165, 1.54) is 6.07 Å². The molecule has 0 unspecified atom stereocenters. The Labute approximate surface area is 166 Å². The molecule has 1 aliphatic rings. The molecule has 150 valence electrons. The van der Waals surface area contributed by atoms with E-state index in [-0.39, 0.29) is 17.8 Å². The summed E-state index contributed by atoms with van der Waals surface area (Å²) < 4.78 is 14.1. The summed E-state index contributed by atoms with van der Waals surface area (Å²) in [5, 5.41) is 3.09. The lowest BCUT2D eigenvalue weighted by atomic mass is 9.95. The summed E-state index contributed by atoms with van der Waals surface area (Å²) >= 11 is 0. The topological polar surface area (TPSA) is 48.5 Å². The molecular formula is C22H29FN4O. The second-order valence-electron chi connectivity index (χ2n) is 8.24. The highest BCUT2D eigenvalue weighted by Crippen LogP contribution is 2.25. The fourth-order valence-electron chi connectivity index (χ4n) is 3.47. The van der Waals surface area contributed by atoms with Crippen molar-refractivity contribution in [2.45, 2.75) is 26.8 Å². The normalized spacial score (nSPS) is 16.6. The maximum Gasteiger partial charge on any atom is 0.225 e. The highest BCUT2D eigenvalue weighted by molar-refractivity contribution is 5.81. The molecule has 0 radical (unpaired) electrons. The van der Waals surface area contributed by atoms with E-state index in [0.717, 1.165) is 31.7 Å². The van der Waals surface area contributed by atoms with Crippen LogP contribution in [0.15, 0.2) is 48.8 Å². The van der Waals surface area contributed by atoms with Crippen LogP contribution in [0.3, 0.4) is 0 Å². The third-order valence-corrected chi connectivity index (χ3v) is 5.15. The predicted molar refractivity (Wildman–Crippen MR) is 110 cm³/mol. The molecule has 0 aliphatic carbocycles. The second-order valence-corrected chi connectivity index (χ2v) is 8.24. The van der Waals surface area contributed by atoms with Crippen LogP contribution < -0.4 is 10.2 Å². The lowest BCUT2D eigenvalue weighted by Gasteiger charge is -2.40. The maximum atomic E-state index is 14.1. The first-order valence-electron chi connectivity index (χ1n) is 9.78.